The molecule has 0 bridgehead atoms. The molecule has 0 saturated carbocycles. The van der Waals surface area contributed by atoms with Gasteiger partial charge in [0.25, 0.3) is 5.91 Å². The van der Waals surface area contributed by atoms with Gasteiger partial charge < -0.3 is 14.5 Å². The van der Waals surface area contributed by atoms with Gasteiger partial charge in [-0.3, -0.25) is 4.79 Å². The first-order chi connectivity index (χ1) is 15.4. The lowest BCUT2D eigenvalue weighted by molar-refractivity contribution is -0.129. The zero-order chi connectivity index (χ0) is 22.9. The van der Waals surface area contributed by atoms with Crippen LogP contribution in [0.15, 0.2) is 74.9 Å². The first-order valence-electron chi connectivity index (χ1n) is 9.77. The minimum absolute atomic E-state index is 0.0704. The number of rotatable bonds is 8. The van der Waals surface area contributed by atoms with E-state index in [1.54, 1.807) is 30.3 Å². The van der Waals surface area contributed by atoms with Crippen molar-refractivity contribution in [2.45, 2.75) is 13.8 Å². The number of carbonyl (C=O) groups is 2. The van der Waals surface area contributed by atoms with Gasteiger partial charge in [0.2, 0.25) is 0 Å². The smallest absolute Gasteiger partial charge is 0.336 e. The van der Waals surface area contributed by atoms with Crippen LogP contribution in [0.5, 0.6) is 5.75 Å². The highest BCUT2D eigenvalue weighted by atomic mass is 79.9. The van der Waals surface area contributed by atoms with Crippen LogP contribution in [0, 0.1) is 13.8 Å². The Morgan fingerprint density at radius 2 is 1.91 bits per heavy atom. The number of nitrogens with one attached hydrogen (secondary N) is 2. The Bertz CT molecular complexity index is 1130. The molecule has 32 heavy (non-hydrogen) atoms. The van der Waals surface area contributed by atoms with Crippen LogP contribution >= 0.6 is 15.9 Å². The SMILES string of the molecule is Cc1cccc(C)c1NCC(=O)N/N=C/c1cc(Br)ccc1OC(=O)/C=C/c1ccco1. The summed E-state index contributed by atoms with van der Waals surface area (Å²) in [5.74, 6) is -0.0373. The first-order valence-corrected chi connectivity index (χ1v) is 10.6. The standard InChI is InChI=1S/C24H22BrN3O4/c1-16-5-3-6-17(2)24(16)26-15-22(29)28-27-14-18-13-19(25)8-10-21(18)32-23(30)11-9-20-7-4-12-31-20/h3-14,26H,15H2,1-2H3,(H,28,29)/b11-9+,27-14+. The molecule has 7 nitrogen and oxygen atoms in total. The second-order valence-corrected chi connectivity index (χ2v) is 7.78. The van der Waals surface area contributed by atoms with Crippen LogP contribution < -0.4 is 15.5 Å². The van der Waals surface area contributed by atoms with Crippen LogP contribution in [0.25, 0.3) is 6.08 Å². The third-order valence-electron chi connectivity index (χ3n) is 4.41. The van der Waals surface area contributed by atoms with Gasteiger partial charge in [-0.05, 0) is 61.4 Å². The number of hydrazone groups is 1. The molecule has 2 N–H and O–H groups in total. The number of hydrogen-bond donors (Lipinski definition) is 2. The topological polar surface area (TPSA) is 92.9 Å². The van der Waals surface area contributed by atoms with Crippen molar-refractivity contribution in [2.75, 3.05) is 11.9 Å². The number of hydrogen-bond acceptors (Lipinski definition) is 6. The van der Waals surface area contributed by atoms with Crippen LogP contribution in [0.3, 0.4) is 0 Å². The van der Waals surface area contributed by atoms with E-state index in [-0.39, 0.29) is 12.5 Å². The molecule has 0 atom stereocenters. The van der Waals surface area contributed by atoms with Crippen molar-refractivity contribution in [1.82, 2.24) is 5.43 Å². The number of para-hydroxylation sites is 1. The summed E-state index contributed by atoms with van der Waals surface area (Å²) in [6.07, 6.45) is 5.71. The highest BCUT2D eigenvalue weighted by Crippen LogP contribution is 2.22. The van der Waals surface area contributed by atoms with Gasteiger partial charge in [-0.2, -0.15) is 5.10 Å². The van der Waals surface area contributed by atoms with Crippen molar-refractivity contribution in [3.8, 4) is 5.75 Å². The second kappa shape index (κ2) is 11.1. The van der Waals surface area contributed by atoms with Crippen LogP contribution in [0.4, 0.5) is 5.69 Å². The molecule has 3 rings (SSSR count). The van der Waals surface area contributed by atoms with Gasteiger partial charge in [0, 0.05) is 21.8 Å². The van der Waals surface area contributed by atoms with E-state index in [0.717, 1.165) is 21.3 Å². The zero-order valence-electron chi connectivity index (χ0n) is 17.6. The van der Waals surface area contributed by atoms with Crippen molar-refractivity contribution in [3.63, 3.8) is 0 Å². The molecule has 0 unspecified atom stereocenters. The number of aryl methyl sites for hydroxylation is 2. The number of ether oxygens (including phenoxy) is 1. The number of benzene rings is 2. The average Bonchev–Trinajstić information content (AvgIpc) is 3.27. The third-order valence-corrected chi connectivity index (χ3v) is 4.90. The monoisotopic (exact) mass is 495 g/mol. The van der Waals surface area contributed by atoms with E-state index >= 15 is 0 Å². The summed E-state index contributed by atoms with van der Waals surface area (Å²) in [4.78, 5) is 24.3. The zero-order valence-corrected chi connectivity index (χ0v) is 19.2. The molecule has 1 aromatic heterocycles. The summed E-state index contributed by atoms with van der Waals surface area (Å²) in [5, 5.41) is 7.11. The lowest BCUT2D eigenvalue weighted by Crippen LogP contribution is -2.26. The molecule has 164 valence electrons. The Hall–Kier alpha value is -3.65. The van der Waals surface area contributed by atoms with E-state index in [9.17, 15) is 9.59 Å². The largest absolute Gasteiger partial charge is 0.465 e. The van der Waals surface area contributed by atoms with Gasteiger partial charge in [0.1, 0.15) is 11.5 Å². The van der Waals surface area contributed by atoms with E-state index in [2.05, 4.69) is 31.8 Å². The molecular formula is C24H22BrN3O4. The fraction of sp³-hybridized carbons (Fsp3) is 0.125. The summed E-state index contributed by atoms with van der Waals surface area (Å²) in [6.45, 7) is 4.03. The molecule has 0 aliphatic heterocycles. The summed E-state index contributed by atoms with van der Waals surface area (Å²) in [5.41, 5.74) is 6.03. The summed E-state index contributed by atoms with van der Waals surface area (Å²) < 4.78 is 11.3. The Morgan fingerprint density at radius 3 is 2.62 bits per heavy atom. The maximum Gasteiger partial charge on any atom is 0.336 e. The predicted molar refractivity (Wildman–Crippen MR) is 128 cm³/mol. The fourth-order valence-corrected chi connectivity index (χ4v) is 3.25. The number of furan rings is 1. The maximum absolute atomic E-state index is 12.2. The van der Waals surface area contributed by atoms with Crippen LogP contribution in [0.2, 0.25) is 0 Å². The van der Waals surface area contributed by atoms with E-state index in [4.69, 9.17) is 9.15 Å². The normalized spacial score (nSPS) is 11.1. The van der Waals surface area contributed by atoms with Gasteiger partial charge in [0.05, 0.1) is 19.0 Å². The highest BCUT2D eigenvalue weighted by Gasteiger charge is 2.08. The Morgan fingerprint density at radius 1 is 1.12 bits per heavy atom. The Balaban J connectivity index is 1.59. The average molecular weight is 496 g/mol. The minimum atomic E-state index is -0.569. The van der Waals surface area contributed by atoms with Gasteiger partial charge in [-0.15, -0.1) is 0 Å². The third kappa shape index (κ3) is 6.68. The predicted octanol–water partition coefficient (Wildman–Crippen LogP) is 4.84. The van der Waals surface area contributed by atoms with E-state index in [0.29, 0.717) is 17.1 Å². The summed E-state index contributed by atoms with van der Waals surface area (Å²) in [7, 11) is 0. The molecule has 0 fully saturated rings. The summed E-state index contributed by atoms with van der Waals surface area (Å²) in [6, 6.07) is 14.5. The van der Waals surface area contributed by atoms with Crippen LogP contribution in [-0.4, -0.2) is 24.6 Å². The molecule has 0 saturated heterocycles. The molecule has 3 aromatic rings. The van der Waals surface area contributed by atoms with Crippen LogP contribution in [-0.2, 0) is 9.59 Å². The lowest BCUT2D eigenvalue weighted by Gasteiger charge is -2.11. The Labute approximate surface area is 194 Å². The highest BCUT2D eigenvalue weighted by molar-refractivity contribution is 9.10. The number of amides is 1. The van der Waals surface area contributed by atoms with Crippen molar-refractivity contribution in [2.24, 2.45) is 5.10 Å². The second-order valence-electron chi connectivity index (χ2n) is 6.87. The van der Waals surface area contributed by atoms with Gasteiger partial charge in [-0.25, -0.2) is 10.2 Å². The van der Waals surface area contributed by atoms with Gasteiger partial charge in [-0.1, -0.05) is 34.1 Å². The first kappa shape index (κ1) is 23.0. The van der Waals surface area contributed by atoms with E-state index in [1.165, 1.54) is 24.6 Å². The number of halogens is 1. The molecule has 2 aromatic carbocycles. The fourth-order valence-electron chi connectivity index (χ4n) is 2.87. The molecule has 0 aliphatic rings. The number of esters is 1. The molecule has 8 heteroatoms. The molecule has 0 radical (unpaired) electrons. The van der Waals surface area contributed by atoms with Crippen molar-refractivity contribution < 1.29 is 18.7 Å². The molecule has 1 amide bonds. The molecular weight excluding hydrogens is 474 g/mol. The lowest BCUT2D eigenvalue weighted by atomic mass is 10.1. The van der Waals surface area contributed by atoms with Crippen molar-refractivity contribution in [1.29, 1.82) is 0 Å². The van der Waals surface area contributed by atoms with Crippen molar-refractivity contribution in [3.05, 3.63) is 87.8 Å². The number of anilines is 1. The van der Waals surface area contributed by atoms with Gasteiger partial charge >= 0.3 is 5.97 Å². The Kier molecular flexibility index (Phi) is 7.99. The van der Waals surface area contributed by atoms with Gasteiger partial charge in [0.15, 0.2) is 0 Å². The van der Waals surface area contributed by atoms with E-state index in [1.807, 2.05) is 32.0 Å². The van der Waals surface area contributed by atoms with Crippen LogP contribution in [0.1, 0.15) is 22.5 Å². The maximum atomic E-state index is 12.2. The quantitative estimate of drug-likeness (QED) is 0.153. The number of nitrogens with zero attached hydrogens (tertiary/aromatic N) is 1. The molecule has 1 heterocycles. The van der Waals surface area contributed by atoms with E-state index < -0.39 is 5.97 Å². The molecule has 0 spiro atoms. The minimum Gasteiger partial charge on any atom is -0.465 e. The molecule has 0 aliphatic carbocycles. The number of carbonyl (C=O) groups excluding carboxylic acids is 2. The summed E-state index contributed by atoms with van der Waals surface area (Å²) >= 11 is 3.38. The van der Waals surface area contributed by atoms with Crippen molar-refractivity contribution >= 4 is 45.8 Å².